The Kier molecular flexibility index (Phi) is 31.1. The summed E-state index contributed by atoms with van der Waals surface area (Å²) in [5.74, 6) is -12.8. The van der Waals surface area contributed by atoms with Crippen LogP contribution in [0.15, 0.2) is 12.2 Å². The predicted octanol–water partition coefficient (Wildman–Crippen LogP) is 7.15. The van der Waals surface area contributed by atoms with Crippen LogP contribution in [0.3, 0.4) is 0 Å². The average molecular weight is 1530 g/mol. The van der Waals surface area contributed by atoms with Crippen molar-refractivity contribution in [3.63, 3.8) is 0 Å². The lowest BCUT2D eigenvalue weighted by Crippen LogP contribution is -2.65. The lowest BCUT2D eigenvalue weighted by Gasteiger charge is -2.43. The smallest absolute Gasteiger partial charge is 0.375 e. The molecule has 600 valence electrons. The summed E-state index contributed by atoms with van der Waals surface area (Å²) < 4.78 is 90.6. The Labute approximate surface area is 627 Å². The maximum Gasteiger partial charge on any atom is 0.393 e. The van der Waals surface area contributed by atoms with E-state index in [0.717, 1.165) is 27.5 Å². The van der Waals surface area contributed by atoms with E-state index in [9.17, 15) is 45.5 Å². The molecule has 106 heavy (non-hydrogen) atoms. The van der Waals surface area contributed by atoms with Gasteiger partial charge in [-0.3, -0.25) is 52.7 Å². The number of nitrogens with one attached hydrogen (secondary N) is 3. The van der Waals surface area contributed by atoms with Gasteiger partial charge in [-0.25, -0.2) is 0 Å². The van der Waals surface area contributed by atoms with Crippen LogP contribution in [0.2, 0.25) is 0 Å². The first-order valence-electron chi connectivity index (χ1n) is 38.5. The van der Waals surface area contributed by atoms with Crippen molar-refractivity contribution >= 4 is 76.6 Å². The fraction of sp³-hybridized carbons (Fsp3) is 0.827. The van der Waals surface area contributed by atoms with Gasteiger partial charge in [0.05, 0.1) is 44.2 Å². The summed E-state index contributed by atoms with van der Waals surface area (Å²) in [7, 11) is 12.2. The molecule has 7 aliphatic rings. The monoisotopic (exact) mass is 1530 g/mol. The van der Waals surface area contributed by atoms with Crippen LogP contribution in [0.4, 0.5) is 26.3 Å². The van der Waals surface area contributed by atoms with E-state index in [4.69, 9.17) is 16.3 Å². The summed E-state index contributed by atoms with van der Waals surface area (Å²) in [5.41, 5.74) is -1.54. The van der Waals surface area contributed by atoms with Crippen molar-refractivity contribution in [2.24, 2.45) is 41.4 Å². The van der Waals surface area contributed by atoms with E-state index in [1.54, 1.807) is 33.2 Å². The van der Waals surface area contributed by atoms with Crippen LogP contribution >= 0.6 is 11.6 Å². The second-order valence-electron chi connectivity index (χ2n) is 32.3. The first kappa shape index (κ1) is 86.9. The number of nitrogens with zero attached hydrogens (tertiary/aromatic N) is 9. The molecule has 0 aromatic heterocycles. The summed E-state index contributed by atoms with van der Waals surface area (Å²) in [5, 5.41) is 7.54. The minimum Gasteiger partial charge on any atom is -0.375 e. The van der Waals surface area contributed by atoms with E-state index >= 15 is 33.6 Å². The third kappa shape index (κ3) is 21.6. The number of ether oxygens (including phenoxy) is 1. The Balaban J connectivity index is 1.31. The molecule has 4 aliphatic carbocycles. The van der Waals surface area contributed by atoms with E-state index in [2.05, 4.69) is 16.0 Å². The van der Waals surface area contributed by atoms with Crippen molar-refractivity contribution in [2.45, 2.75) is 260 Å². The molecule has 4 saturated carbocycles. The van der Waals surface area contributed by atoms with Crippen LogP contribution in [0.5, 0.6) is 0 Å². The number of likely N-dealkylation sites (N-methyl/N-ethyl adjacent to an activating group) is 7. The second-order valence-corrected chi connectivity index (χ2v) is 32.8. The van der Waals surface area contributed by atoms with Gasteiger partial charge in [0.2, 0.25) is 65.0 Å². The van der Waals surface area contributed by atoms with Gasteiger partial charge >= 0.3 is 12.4 Å². The predicted molar refractivity (Wildman–Crippen MR) is 385 cm³/mol. The van der Waals surface area contributed by atoms with Gasteiger partial charge in [0.1, 0.15) is 47.8 Å². The topological polar surface area (TPSA) is 262 Å². The third-order valence-corrected chi connectivity index (χ3v) is 24.8. The van der Waals surface area contributed by atoms with Crippen LogP contribution in [-0.2, 0) is 57.5 Å². The maximum atomic E-state index is 15.7. The van der Waals surface area contributed by atoms with Crippen LogP contribution in [-0.4, -0.2) is 282 Å². The minimum atomic E-state index is -4.55. The third-order valence-electron chi connectivity index (χ3n) is 24.4. The summed E-state index contributed by atoms with van der Waals surface area (Å²) in [4.78, 5) is 179. The number of halogens is 7. The summed E-state index contributed by atoms with van der Waals surface area (Å²) in [6, 6.07) is -10.3. The quantitative estimate of drug-likeness (QED) is 0.0998. The van der Waals surface area contributed by atoms with Crippen LogP contribution in [0, 0.1) is 41.4 Å². The molecular formula is C75H119ClF6N12O12. The SMILES string of the molecule is CC[C@H](C)[C@@H]1NC(=O)[C@H](CC(C)C)N(C)C(=O)C[C@@H](C(C)N(C)C)N(C)C(=O)[C@H](C2CCCC2)N(C)C(=O)C2(CCCC2)NC(=O)[C@@H]2CCCN2C(=O)[C@H](CCC2CCC(C(F)(F)F)C(Cl)C2)NC(=O)CN(C)C(=O)[C@H](CC2CCC(C(F)(F)F)CC2)N2C/C=C/COC[C@H](C2=O)N(C)C(=O)CN(C)C1=O. The first-order valence-corrected chi connectivity index (χ1v) is 38.9. The summed E-state index contributed by atoms with van der Waals surface area (Å²) in [6.45, 7) is 7.08. The molecule has 4 unspecified atom stereocenters. The highest BCUT2D eigenvalue weighted by molar-refractivity contribution is 6.20. The molecule has 0 aromatic carbocycles. The molecule has 6 fully saturated rings. The Bertz CT molecular complexity index is 3110. The largest absolute Gasteiger partial charge is 0.393 e. The van der Waals surface area contributed by atoms with Crippen molar-refractivity contribution in [1.29, 1.82) is 0 Å². The Hall–Kier alpha value is -6.30. The molecule has 13 atom stereocenters. The lowest BCUT2D eigenvalue weighted by molar-refractivity contribution is -0.184. The number of fused-ring (bicyclic) bond motifs is 3. The van der Waals surface area contributed by atoms with Gasteiger partial charge < -0.3 is 64.8 Å². The summed E-state index contributed by atoms with van der Waals surface area (Å²) >= 11 is 6.42. The molecule has 1 spiro atoms. The fourth-order valence-electron chi connectivity index (χ4n) is 17.2. The highest BCUT2D eigenvalue weighted by Gasteiger charge is 2.53. The number of carbonyl (C=O) groups excluding carboxylic acids is 11. The number of carbonyl (C=O) groups is 11. The summed E-state index contributed by atoms with van der Waals surface area (Å²) in [6.07, 6.45) is -1.86. The van der Waals surface area contributed by atoms with E-state index in [0.29, 0.717) is 38.5 Å². The number of hydrogen-bond acceptors (Lipinski definition) is 13. The molecule has 2 saturated heterocycles. The van der Waals surface area contributed by atoms with Gasteiger partial charge in [-0.05, 0) is 160 Å². The fourth-order valence-corrected chi connectivity index (χ4v) is 17.7. The molecule has 2 bridgehead atoms. The number of rotatable bonds is 12. The standard InChI is InChI=1S/C75H119ClF6N12O12/c1-14-46(4)63-70(103)88(9)43-62(97)90(11)59-44-106-37-20-19-35-94(69(59)102)58(40-49-25-29-51(30-26-49)74(77,78)79)68(101)87(8)42-60(95)83-54(32-28-48-27-31-52(53(76)39-48)75(80,81)82)67(100)93-36-21-24-55(93)66(99)85-73(33-17-18-34-73)72(105)92(13)64(50-22-15-16-23-50)71(104)91(12)56(47(5)86(6)7)41-61(96)89(10)57(38-45(2)3)65(98)84-63/h19-20,45-59,63-64H,14-18,21-44H2,1-13H3,(H,83,95)(H,84,98)(H,85,99)/b20-19+/t46-,47?,48?,49?,51?,52?,53?,54-,55-,56-,57-,58-,59+,63-,64-/m0/s1. The van der Waals surface area contributed by atoms with Crippen molar-refractivity contribution in [3.05, 3.63) is 12.2 Å². The van der Waals surface area contributed by atoms with Gasteiger partial charge in [-0.2, -0.15) is 26.3 Å². The average Bonchev–Trinajstić information content (AvgIpc) is 1.53. The lowest BCUT2D eigenvalue weighted by atomic mass is 9.78. The molecule has 3 aliphatic heterocycles. The van der Waals surface area contributed by atoms with Gasteiger partial charge in [0.15, 0.2) is 0 Å². The highest BCUT2D eigenvalue weighted by atomic mass is 35.5. The molecule has 7 rings (SSSR count). The van der Waals surface area contributed by atoms with E-state index in [1.165, 1.54) is 52.7 Å². The van der Waals surface area contributed by atoms with E-state index < -0.39 is 192 Å². The van der Waals surface area contributed by atoms with Crippen molar-refractivity contribution in [3.8, 4) is 0 Å². The van der Waals surface area contributed by atoms with Gasteiger partial charge in [-0.1, -0.05) is 72.0 Å². The zero-order valence-corrected chi connectivity index (χ0v) is 65.3. The second kappa shape index (κ2) is 37.9. The molecule has 3 N–H and O–H groups in total. The zero-order chi connectivity index (χ0) is 78.6. The molecule has 24 nitrogen and oxygen atoms in total. The number of alkyl halides is 7. The molecule has 3 heterocycles. The van der Waals surface area contributed by atoms with Gasteiger partial charge in [0, 0.05) is 73.2 Å². The van der Waals surface area contributed by atoms with E-state index in [-0.39, 0.29) is 128 Å². The molecule has 0 aromatic rings. The van der Waals surface area contributed by atoms with Crippen LogP contribution in [0.1, 0.15) is 182 Å². The zero-order valence-electron chi connectivity index (χ0n) is 64.5. The van der Waals surface area contributed by atoms with Crippen LogP contribution in [0.25, 0.3) is 0 Å². The molecule has 11 amide bonds. The number of hydrogen-bond donors (Lipinski definition) is 3. The van der Waals surface area contributed by atoms with E-state index in [1.807, 2.05) is 46.7 Å². The normalized spacial score (nSPS) is 31.6. The van der Waals surface area contributed by atoms with Crippen molar-refractivity contribution in [1.82, 2.24) is 60.0 Å². The van der Waals surface area contributed by atoms with Crippen molar-refractivity contribution < 1.29 is 83.8 Å². The molecular weight excluding hydrogens is 1410 g/mol. The maximum absolute atomic E-state index is 15.7. The first-order chi connectivity index (χ1) is 49.7. The highest BCUT2D eigenvalue weighted by Crippen LogP contribution is 2.45. The van der Waals surface area contributed by atoms with Gasteiger partial charge in [0.25, 0.3) is 0 Å². The minimum absolute atomic E-state index is 0.0230. The van der Waals surface area contributed by atoms with Crippen molar-refractivity contribution in [2.75, 3.05) is 95.8 Å². The Morgan fingerprint density at radius 2 is 1.25 bits per heavy atom. The number of amides is 11. The Morgan fingerprint density at radius 3 is 1.85 bits per heavy atom. The molecule has 31 heteroatoms. The van der Waals surface area contributed by atoms with Crippen LogP contribution < -0.4 is 16.0 Å². The molecule has 0 radical (unpaired) electrons. The van der Waals surface area contributed by atoms with Gasteiger partial charge in [-0.15, -0.1) is 11.6 Å². The Morgan fingerprint density at radius 1 is 0.623 bits per heavy atom.